The van der Waals surface area contributed by atoms with Gasteiger partial charge in [-0.05, 0) is 35.9 Å². The van der Waals surface area contributed by atoms with Crippen molar-refractivity contribution in [2.24, 2.45) is 0 Å². The first-order valence-corrected chi connectivity index (χ1v) is 6.78. The largest absolute Gasteiger partial charge is 0.317 e. The van der Waals surface area contributed by atoms with Gasteiger partial charge in [0.1, 0.15) is 0 Å². The molecule has 1 heterocycles. The Morgan fingerprint density at radius 3 is 2.19 bits per heavy atom. The van der Waals surface area contributed by atoms with Crippen molar-refractivity contribution in [2.45, 2.75) is 0 Å². The fourth-order valence-corrected chi connectivity index (χ4v) is 2.28. The second kappa shape index (κ2) is 5.94. The van der Waals surface area contributed by atoms with E-state index in [-0.39, 0.29) is 0 Å². The number of rotatable bonds is 3. The fourth-order valence-electron chi connectivity index (χ4n) is 2.28. The third-order valence-corrected chi connectivity index (χ3v) is 3.31. The second-order valence-corrected chi connectivity index (χ2v) is 4.67. The molecule has 0 saturated carbocycles. The predicted octanol–water partition coefficient (Wildman–Crippen LogP) is 4.54. The van der Waals surface area contributed by atoms with Crippen LogP contribution in [-0.4, -0.2) is 4.57 Å². The highest BCUT2D eigenvalue weighted by molar-refractivity contribution is 5.89. The van der Waals surface area contributed by atoms with Gasteiger partial charge in [0.05, 0.1) is 11.6 Å². The van der Waals surface area contributed by atoms with Crippen LogP contribution in [0.4, 0.5) is 0 Å². The van der Waals surface area contributed by atoms with Gasteiger partial charge in [0.25, 0.3) is 0 Å². The molecule has 3 aromatic rings. The molecule has 0 unspecified atom stereocenters. The van der Waals surface area contributed by atoms with Crippen LogP contribution in [0, 0.1) is 11.3 Å². The Bertz CT molecular complexity index is 790. The number of allylic oxidation sites excluding steroid dienone is 1. The third-order valence-electron chi connectivity index (χ3n) is 3.31. The van der Waals surface area contributed by atoms with Gasteiger partial charge < -0.3 is 4.57 Å². The Morgan fingerprint density at radius 2 is 1.52 bits per heavy atom. The lowest BCUT2D eigenvalue weighted by molar-refractivity contribution is 1.06. The van der Waals surface area contributed by atoms with Crippen LogP contribution >= 0.6 is 0 Å². The van der Waals surface area contributed by atoms with Crippen LogP contribution in [-0.2, 0) is 0 Å². The quantitative estimate of drug-likeness (QED) is 0.642. The van der Waals surface area contributed by atoms with Gasteiger partial charge >= 0.3 is 0 Å². The molecule has 0 N–H and O–H groups in total. The van der Waals surface area contributed by atoms with Gasteiger partial charge in [-0.25, -0.2) is 0 Å². The summed E-state index contributed by atoms with van der Waals surface area (Å²) in [4.78, 5) is 0. The van der Waals surface area contributed by atoms with Crippen LogP contribution < -0.4 is 0 Å². The minimum absolute atomic E-state index is 0.659. The van der Waals surface area contributed by atoms with Crippen LogP contribution in [0.1, 0.15) is 11.3 Å². The minimum atomic E-state index is 0.659. The fraction of sp³-hybridized carbons (Fsp3) is 0. The van der Waals surface area contributed by atoms with Crippen molar-refractivity contribution in [1.29, 1.82) is 5.26 Å². The summed E-state index contributed by atoms with van der Waals surface area (Å²) in [6, 6.07) is 26.1. The molecule has 2 nitrogen and oxygen atoms in total. The summed E-state index contributed by atoms with van der Waals surface area (Å²) in [6.07, 6.45) is 3.92. The number of nitrogens with zero attached hydrogens (tertiary/aromatic N) is 2. The molecule has 0 radical (unpaired) electrons. The normalized spacial score (nSPS) is 11.1. The highest BCUT2D eigenvalue weighted by atomic mass is 15.0. The Labute approximate surface area is 124 Å². The molecular weight excluding hydrogens is 256 g/mol. The number of aromatic nitrogens is 1. The number of para-hydroxylation sites is 1. The molecule has 0 aliphatic rings. The van der Waals surface area contributed by atoms with Gasteiger partial charge in [0, 0.05) is 17.6 Å². The van der Waals surface area contributed by atoms with Gasteiger partial charge in [-0.1, -0.05) is 48.5 Å². The molecule has 0 fully saturated rings. The molecule has 0 atom stereocenters. The average Bonchev–Trinajstić information content (AvgIpc) is 3.02. The summed E-state index contributed by atoms with van der Waals surface area (Å²) >= 11 is 0. The van der Waals surface area contributed by atoms with Crippen molar-refractivity contribution >= 4 is 11.6 Å². The summed E-state index contributed by atoms with van der Waals surface area (Å²) in [6.45, 7) is 0. The number of hydrogen-bond acceptors (Lipinski definition) is 1. The zero-order valence-corrected chi connectivity index (χ0v) is 11.5. The predicted molar refractivity (Wildman–Crippen MR) is 85.7 cm³/mol. The average molecular weight is 270 g/mol. The van der Waals surface area contributed by atoms with E-state index in [1.165, 1.54) is 0 Å². The minimum Gasteiger partial charge on any atom is -0.317 e. The molecule has 0 aliphatic heterocycles. The van der Waals surface area contributed by atoms with Crippen molar-refractivity contribution in [2.75, 3.05) is 0 Å². The van der Waals surface area contributed by atoms with E-state index < -0.39 is 0 Å². The van der Waals surface area contributed by atoms with Gasteiger partial charge in [-0.3, -0.25) is 0 Å². The Balaban J connectivity index is 2.05. The summed E-state index contributed by atoms with van der Waals surface area (Å²) in [5.41, 5.74) is 3.66. The van der Waals surface area contributed by atoms with E-state index in [1.54, 1.807) is 0 Å². The Kier molecular flexibility index (Phi) is 3.66. The lowest BCUT2D eigenvalue weighted by Crippen LogP contribution is -1.94. The van der Waals surface area contributed by atoms with E-state index in [1.807, 2.05) is 85.1 Å². The maximum atomic E-state index is 9.41. The van der Waals surface area contributed by atoms with Crippen molar-refractivity contribution < 1.29 is 0 Å². The number of hydrogen-bond donors (Lipinski definition) is 0. The second-order valence-electron chi connectivity index (χ2n) is 4.67. The molecular formula is C19H14N2. The zero-order chi connectivity index (χ0) is 14.5. The van der Waals surface area contributed by atoms with Crippen molar-refractivity contribution in [1.82, 2.24) is 4.57 Å². The first kappa shape index (κ1) is 13.0. The maximum Gasteiger partial charge on any atom is 0.0998 e. The van der Waals surface area contributed by atoms with Crippen molar-refractivity contribution in [3.8, 4) is 11.8 Å². The molecule has 1 aromatic heterocycles. The molecule has 0 saturated heterocycles. The molecule has 3 rings (SSSR count). The molecule has 2 aromatic carbocycles. The zero-order valence-electron chi connectivity index (χ0n) is 11.5. The van der Waals surface area contributed by atoms with Crippen LogP contribution in [0.15, 0.2) is 79.0 Å². The summed E-state index contributed by atoms with van der Waals surface area (Å²) < 4.78 is 2.07. The molecule has 100 valence electrons. The Hall–Kier alpha value is -3.05. The van der Waals surface area contributed by atoms with Crippen molar-refractivity contribution in [3.63, 3.8) is 0 Å². The van der Waals surface area contributed by atoms with E-state index >= 15 is 0 Å². The lowest BCUT2D eigenvalue weighted by atomic mass is 10.1. The maximum absolute atomic E-state index is 9.41. The standard InChI is InChI=1S/C19H14N2/c20-15-17(16-8-3-1-4-9-16)14-19-12-7-13-21(19)18-10-5-2-6-11-18/h1-14H. The third kappa shape index (κ3) is 2.77. The monoisotopic (exact) mass is 270 g/mol. The van der Waals surface area contributed by atoms with Crippen molar-refractivity contribution in [3.05, 3.63) is 90.3 Å². The highest BCUT2D eigenvalue weighted by Gasteiger charge is 2.04. The first-order chi connectivity index (χ1) is 10.4. The first-order valence-electron chi connectivity index (χ1n) is 6.78. The highest BCUT2D eigenvalue weighted by Crippen LogP contribution is 2.20. The lowest BCUT2D eigenvalue weighted by Gasteiger charge is -2.07. The van der Waals surface area contributed by atoms with Gasteiger partial charge in [-0.15, -0.1) is 0 Å². The Morgan fingerprint density at radius 1 is 0.857 bits per heavy atom. The van der Waals surface area contributed by atoms with E-state index in [4.69, 9.17) is 0 Å². The summed E-state index contributed by atoms with van der Waals surface area (Å²) in [5, 5.41) is 9.41. The molecule has 0 aliphatic carbocycles. The van der Waals surface area contributed by atoms with Crippen LogP contribution in [0.3, 0.4) is 0 Å². The van der Waals surface area contributed by atoms with Crippen LogP contribution in [0.25, 0.3) is 17.3 Å². The SMILES string of the molecule is N#CC(=Cc1cccn1-c1ccccc1)c1ccccc1. The summed E-state index contributed by atoms with van der Waals surface area (Å²) in [5.74, 6) is 0. The van der Waals surface area contributed by atoms with E-state index in [0.717, 1.165) is 16.9 Å². The topological polar surface area (TPSA) is 28.7 Å². The number of benzene rings is 2. The smallest absolute Gasteiger partial charge is 0.0998 e. The van der Waals surface area contributed by atoms with Crippen LogP contribution in [0.2, 0.25) is 0 Å². The van der Waals surface area contributed by atoms with E-state index in [0.29, 0.717) is 5.57 Å². The molecule has 2 heteroatoms. The molecule has 0 spiro atoms. The molecule has 0 bridgehead atoms. The molecule has 0 amide bonds. The van der Waals surface area contributed by atoms with Crippen LogP contribution in [0.5, 0.6) is 0 Å². The number of nitriles is 1. The van der Waals surface area contributed by atoms with Gasteiger partial charge in [0.2, 0.25) is 0 Å². The van der Waals surface area contributed by atoms with E-state index in [9.17, 15) is 5.26 Å². The van der Waals surface area contributed by atoms with Gasteiger partial charge in [-0.2, -0.15) is 5.26 Å². The van der Waals surface area contributed by atoms with E-state index in [2.05, 4.69) is 10.6 Å². The molecule has 21 heavy (non-hydrogen) atoms. The van der Waals surface area contributed by atoms with Gasteiger partial charge in [0.15, 0.2) is 0 Å². The summed E-state index contributed by atoms with van der Waals surface area (Å²) in [7, 11) is 0.